The quantitative estimate of drug-likeness (QED) is 0.898. The summed E-state index contributed by atoms with van der Waals surface area (Å²) < 4.78 is 11.3. The molecular weight excluding hydrogens is 260 g/mol. The van der Waals surface area contributed by atoms with Crippen LogP contribution in [0.5, 0.6) is 0 Å². The highest BCUT2D eigenvalue weighted by Crippen LogP contribution is 2.29. The van der Waals surface area contributed by atoms with Crippen molar-refractivity contribution in [2.24, 2.45) is 0 Å². The van der Waals surface area contributed by atoms with Gasteiger partial charge in [0.05, 0.1) is 16.3 Å². The number of furan rings is 1. The van der Waals surface area contributed by atoms with Gasteiger partial charge in [-0.05, 0) is 48.7 Å². The number of halogens is 1. The highest BCUT2D eigenvalue weighted by atomic mass is 79.9. The molecule has 4 heteroatoms. The zero-order valence-electron chi connectivity index (χ0n) is 9.29. The molecule has 86 valence electrons. The van der Waals surface area contributed by atoms with Crippen LogP contribution in [0.4, 0.5) is 0 Å². The van der Waals surface area contributed by atoms with Crippen LogP contribution in [-0.4, -0.2) is 17.8 Å². The van der Waals surface area contributed by atoms with E-state index in [-0.39, 0.29) is 5.60 Å². The van der Waals surface area contributed by atoms with Crippen molar-refractivity contribution in [3.05, 3.63) is 22.6 Å². The van der Waals surface area contributed by atoms with Crippen LogP contribution in [0.1, 0.15) is 38.6 Å². The molecule has 1 N–H and O–H groups in total. The predicted octanol–water partition coefficient (Wildman–Crippen LogP) is 3.28. The summed E-state index contributed by atoms with van der Waals surface area (Å²) in [7, 11) is 1.68. The SMILES string of the molecule is COC(C)(C)CCC(O)c1occc1Br. The molecule has 0 amide bonds. The van der Waals surface area contributed by atoms with Crippen molar-refractivity contribution in [3.8, 4) is 0 Å². The predicted molar refractivity (Wildman–Crippen MR) is 61.7 cm³/mol. The van der Waals surface area contributed by atoms with Crippen molar-refractivity contribution in [1.82, 2.24) is 0 Å². The van der Waals surface area contributed by atoms with Crippen LogP contribution < -0.4 is 0 Å². The van der Waals surface area contributed by atoms with Crippen LogP contribution in [0.2, 0.25) is 0 Å². The van der Waals surface area contributed by atoms with Gasteiger partial charge < -0.3 is 14.3 Å². The highest BCUT2D eigenvalue weighted by Gasteiger charge is 2.21. The normalized spacial score (nSPS) is 14.2. The first-order valence-electron chi connectivity index (χ1n) is 4.92. The molecule has 15 heavy (non-hydrogen) atoms. The number of hydrogen-bond donors (Lipinski definition) is 1. The largest absolute Gasteiger partial charge is 0.465 e. The number of aliphatic hydroxyl groups excluding tert-OH is 1. The smallest absolute Gasteiger partial charge is 0.146 e. The molecule has 0 spiro atoms. The van der Waals surface area contributed by atoms with Gasteiger partial charge in [0.25, 0.3) is 0 Å². The van der Waals surface area contributed by atoms with Gasteiger partial charge in [0.2, 0.25) is 0 Å². The van der Waals surface area contributed by atoms with Gasteiger partial charge in [-0.1, -0.05) is 0 Å². The van der Waals surface area contributed by atoms with Gasteiger partial charge in [-0.15, -0.1) is 0 Å². The lowest BCUT2D eigenvalue weighted by Crippen LogP contribution is -2.23. The lowest BCUT2D eigenvalue weighted by Gasteiger charge is -2.23. The molecule has 1 aromatic rings. The van der Waals surface area contributed by atoms with Gasteiger partial charge in [0, 0.05) is 7.11 Å². The van der Waals surface area contributed by atoms with Gasteiger partial charge in [-0.3, -0.25) is 0 Å². The summed E-state index contributed by atoms with van der Waals surface area (Å²) >= 11 is 3.32. The molecule has 0 aliphatic carbocycles. The molecule has 0 aliphatic rings. The maximum atomic E-state index is 9.87. The molecule has 1 heterocycles. The van der Waals surface area contributed by atoms with Gasteiger partial charge in [0.1, 0.15) is 11.9 Å². The average Bonchev–Trinajstić information content (AvgIpc) is 2.61. The number of aliphatic hydroxyl groups is 1. The van der Waals surface area contributed by atoms with Crippen molar-refractivity contribution in [1.29, 1.82) is 0 Å². The van der Waals surface area contributed by atoms with Crippen LogP contribution in [-0.2, 0) is 4.74 Å². The zero-order chi connectivity index (χ0) is 11.5. The van der Waals surface area contributed by atoms with E-state index < -0.39 is 6.10 Å². The van der Waals surface area contributed by atoms with Crippen LogP contribution in [0.3, 0.4) is 0 Å². The molecule has 1 aromatic heterocycles. The second-order valence-electron chi connectivity index (χ2n) is 4.15. The molecule has 1 atom stereocenters. The number of ether oxygens (including phenoxy) is 1. The fourth-order valence-corrected chi connectivity index (χ4v) is 1.73. The van der Waals surface area contributed by atoms with Crippen molar-refractivity contribution in [3.63, 3.8) is 0 Å². The lowest BCUT2D eigenvalue weighted by atomic mass is 9.99. The van der Waals surface area contributed by atoms with E-state index in [4.69, 9.17) is 9.15 Å². The summed E-state index contributed by atoms with van der Waals surface area (Å²) in [4.78, 5) is 0. The van der Waals surface area contributed by atoms with E-state index in [1.807, 2.05) is 13.8 Å². The maximum Gasteiger partial charge on any atom is 0.146 e. The van der Waals surface area contributed by atoms with Crippen LogP contribution >= 0.6 is 15.9 Å². The van der Waals surface area contributed by atoms with E-state index in [0.717, 1.165) is 10.9 Å². The Labute approximate surface area is 98.6 Å². The Hall–Kier alpha value is -0.320. The minimum Gasteiger partial charge on any atom is -0.465 e. The molecular formula is C11H17BrO3. The Morgan fingerprint density at radius 1 is 1.60 bits per heavy atom. The van der Waals surface area contributed by atoms with Crippen molar-refractivity contribution in [2.45, 2.75) is 38.4 Å². The number of rotatable bonds is 5. The van der Waals surface area contributed by atoms with Crippen molar-refractivity contribution >= 4 is 15.9 Å². The molecule has 0 aromatic carbocycles. The number of hydrogen-bond acceptors (Lipinski definition) is 3. The monoisotopic (exact) mass is 276 g/mol. The Kier molecular flexibility index (Phi) is 4.37. The fraction of sp³-hybridized carbons (Fsp3) is 0.636. The molecule has 0 bridgehead atoms. The molecule has 0 fully saturated rings. The van der Waals surface area contributed by atoms with Gasteiger partial charge >= 0.3 is 0 Å². The van der Waals surface area contributed by atoms with E-state index in [0.29, 0.717) is 12.2 Å². The Bertz CT molecular complexity index is 307. The molecule has 3 nitrogen and oxygen atoms in total. The first kappa shape index (κ1) is 12.7. The van der Waals surface area contributed by atoms with E-state index in [9.17, 15) is 5.11 Å². The minimum atomic E-state index is -0.580. The molecule has 0 saturated heterocycles. The third kappa shape index (κ3) is 3.63. The summed E-state index contributed by atoms with van der Waals surface area (Å²) in [6.07, 6.45) is 2.37. The van der Waals surface area contributed by atoms with Crippen LogP contribution in [0.15, 0.2) is 21.2 Å². The van der Waals surface area contributed by atoms with E-state index in [1.54, 1.807) is 19.4 Å². The van der Waals surface area contributed by atoms with E-state index in [2.05, 4.69) is 15.9 Å². The van der Waals surface area contributed by atoms with Crippen molar-refractivity contribution < 1.29 is 14.3 Å². The Morgan fingerprint density at radius 2 is 2.27 bits per heavy atom. The minimum absolute atomic E-state index is 0.208. The fourth-order valence-electron chi connectivity index (χ4n) is 1.26. The van der Waals surface area contributed by atoms with Crippen molar-refractivity contribution in [2.75, 3.05) is 7.11 Å². The molecule has 1 rings (SSSR count). The summed E-state index contributed by atoms with van der Waals surface area (Å²) in [5, 5.41) is 9.87. The zero-order valence-corrected chi connectivity index (χ0v) is 10.9. The van der Waals surface area contributed by atoms with E-state index >= 15 is 0 Å². The summed E-state index contributed by atoms with van der Waals surface area (Å²) in [5.74, 6) is 0.585. The van der Waals surface area contributed by atoms with E-state index in [1.165, 1.54) is 0 Å². The van der Waals surface area contributed by atoms with Crippen LogP contribution in [0, 0.1) is 0 Å². The van der Waals surface area contributed by atoms with Gasteiger partial charge in [0.15, 0.2) is 0 Å². The lowest BCUT2D eigenvalue weighted by molar-refractivity contribution is 0.000685. The summed E-state index contributed by atoms with van der Waals surface area (Å²) in [6, 6.07) is 1.78. The first-order valence-corrected chi connectivity index (χ1v) is 5.71. The Morgan fingerprint density at radius 3 is 2.73 bits per heavy atom. The molecule has 0 aliphatic heterocycles. The van der Waals surface area contributed by atoms with Gasteiger partial charge in [-0.2, -0.15) is 0 Å². The maximum absolute atomic E-state index is 9.87. The second-order valence-corrected chi connectivity index (χ2v) is 5.01. The standard InChI is InChI=1S/C11H17BrO3/c1-11(2,14-3)6-4-9(13)10-8(12)5-7-15-10/h5,7,9,13H,4,6H2,1-3H3. The van der Waals surface area contributed by atoms with Crippen LogP contribution in [0.25, 0.3) is 0 Å². The second kappa shape index (κ2) is 5.14. The summed E-state index contributed by atoms with van der Waals surface area (Å²) in [5.41, 5.74) is -0.208. The first-order chi connectivity index (χ1) is 6.96. The Balaban J connectivity index is 2.50. The molecule has 0 radical (unpaired) electrons. The van der Waals surface area contributed by atoms with Gasteiger partial charge in [-0.25, -0.2) is 0 Å². The molecule has 1 unspecified atom stereocenters. The number of methoxy groups -OCH3 is 1. The summed E-state index contributed by atoms with van der Waals surface area (Å²) in [6.45, 7) is 3.99. The average molecular weight is 277 g/mol. The third-order valence-corrected chi connectivity index (χ3v) is 3.17. The topological polar surface area (TPSA) is 42.6 Å². The third-order valence-electron chi connectivity index (χ3n) is 2.52. The highest BCUT2D eigenvalue weighted by molar-refractivity contribution is 9.10. The molecule has 0 saturated carbocycles.